The molecule has 4 nitrogen and oxygen atoms in total. The molecule has 4 fully saturated rings. The molecule has 0 radical (unpaired) electrons. The summed E-state index contributed by atoms with van der Waals surface area (Å²) in [5.41, 5.74) is 1.21. The predicted octanol–water partition coefficient (Wildman–Crippen LogP) is 4.74. The van der Waals surface area contributed by atoms with Gasteiger partial charge in [-0.25, -0.2) is 0 Å². The zero-order valence-electron chi connectivity index (χ0n) is 17.2. The zero-order chi connectivity index (χ0) is 18.1. The van der Waals surface area contributed by atoms with E-state index in [1.54, 1.807) is 0 Å². The summed E-state index contributed by atoms with van der Waals surface area (Å²) in [7, 11) is 2.25. The highest BCUT2D eigenvalue weighted by molar-refractivity contribution is 5.18. The van der Waals surface area contributed by atoms with Crippen LogP contribution in [0.15, 0.2) is 0 Å². The van der Waals surface area contributed by atoms with E-state index in [-0.39, 0.29) is 0 Å². The van der Waals surface area contributed by atoms with Gasteiger partial charge in [0.2, 0.25) is 0 Å². The third kappa shape index (κ3) is 2.83. The molecular formula is C22H36N4. The first-order valence-corrected chi connectivity index (χ1v) is 11.0. The number of hydrogen-bond acceptors (Lipinski definition) is 3. The monoisotopic (exact) mass is 356 g/mol. The molecule has 1 unspecified atom stereocenters. The van der Waals surface area contributed by atoms with E-state index >= 15 is 0 Å². The van der Waals surface area contributed by atoms with Gasteiger partial charge >= 0.3 is 0 Å². The van der Waals surface area contributed by atoms with E-state index < -0.39 is 0 Å². The Morgan fingerprint density at radius 3 is 2.15 bits per heavy atom. The number of hydrogen-bond donors (Lipinski definition) is 0. The first-order valence-electron chi connectivity index (χ1n) is 11.0. The fourth-order valence-corrected chi connectivity index (χ4v) is 6.13. The molecule has 144 valence electrons. The standard InChI is InChI=1S/C22H36N4/c1-15-13-25(4)14-18(15)20-24-23-19(26(20)17-5-6-17)16-11-22(12-16)9-7-21(2,3)8-10-22/h15-18H,5-14H2,1-4H3/t15-,18?/m1/s1. The predicted molar refractivity (Wildman–Crippen MR) is 104 cm³/mol. The van der Waals surface area contributed by atoms with Crippen LogP contribution in [0.2, 0.25) is 0 Å². The molecule has 1 aromatic rings. The minimum absolute atomic E-state index is 0.572. The van der Waals surface area contributed by atoms with Crippen molar-refractivity contribution < 1.29 is 0 Å². The maximum absolute atomic E-state index is 4.80. The number of likely N-dealkylation sites (N-methyl/N-ethyl adjacent to an activating group) is 1. The molecule has 4 aliphatic rings. The molecule has 26 heavy (non-hydrogen) atoms. The van der Waals surface area contributed by atoms with E-state index in [9.17, 15) is 0 Å². The van der Waals surface area contributed by atoms with Crippen molar-refractivity contribution in [1.29, 1.82) is 0 Å². The van der Waals surface area contributed by atoms with E-state index in [2.05, 4.69) is 37.3 Å². The number of nitrogens with zero attached hydrogens (tertiary/aromatic N) is 4. The van der Waals surface area contributed by atoms with Gasteiger partial charge in [0.1, 0.15) is 11.6 Å². The van der Waals surface area contributed by atoms with Gasteiger partial charge in [0.25, 0.3) is 0 Å². The normalized spacial score (nSPS) is 34.3. The number of aromatic nitrogens is 3. The average Bonchev–Trinajstić information content (AvgIpc) is 3.21. The van der Waals surface area contributed by atoms with Crippen molar-refractivity contribution in [3.05, 3.63) is 11.6 Å². The topological polar surface area (TPSA) is 34.0 Å². The van der Waals surface area contributed by atoms with Crippen LogP contribution in [-0.2, 0) is 0 Å². The van der Waals surface area contributed by atoms with Crippen LogP contribution in [0.1, 0.15) is 102 Å². The van der Waals surface area contributed by atoms with Gasteiger partial charge in [-0.3, -0.25) is 0 Å². The van der Waals surface area contributed by atoms with Crippen LogP contribution in [0, 0.1) is 16.7 Å². The summed E-state index contributed by atoms with van der Waals surface area (Å²) in [6, 6.07) is 0.704. The van der Waals surface area contributed by atoms with Crippen molar-refractivity contribution in [2.24, 2.45) is 16.7 Å². The van der Waals surface area contributed by atoms with Crippen LogP contribution >= 0.6 is 0 Å². The average molecular weight is 357 g/mol. The second-order valence-corrected chi connectivity index (χ2v) is 11.1. The van der Waals surface area contributed by atoms with Crippen LogP contribution in [0.5, 0.6) is 0 Å². The summed E-state index contributed by atoms with van der Waals surface area (Å²) in [4.78, 5) is 2.46. The molecule has 1 spiro atoms. The minimum Gasteiger partial charge on any atom is -0.311 e. The maximum atomic E-state index is 4.80. The van der Waals surface area contributed by atoms with Gasteiger partial charge in [0.05, 0.1) is 0 Å². The second-order valence-electron chi connectivity index (χ2n) is 11.1. The third-order valence-electron chi connectivity index (χ3n) is 8.18. The summed E-state index contributed by atoms with van der Waals surface area (Å²) in [6.45, 7) is 9.63. The Bertz CT molecular complexity index is 668. The van der Waals surface area contributed by atoms with Crippen LogP contribution in [0.4, 0.5) is 0 Å². The Morgan fingerprint density at radius 2 is 1.58 bits per heavy atom. The van der Waals surface area contributed by atoms with Crippen LogP contribution < -0.4 is 0 Å². The lowest BCUT2D eigenvalue weighted by Gasteiger charge is -2.53. The summed E-state index contributed by atoms with van der Waals surface area (Å²) in [5.74, 6) is 4.60. The lowest BCUT2D eigenvalue weighted by atomic mass is 9.52. The van der Waals surface area contributed by atoms with E-state index in [1.807, 2.05) is 0 Å². The summed E-state index contributed by atoms with van der Waals surface area (Å²) < 4.78 is 2.62. The molecule has 2 atom stereocenters. The van der Waals surface area contributed by atoms with Crippen molar-refractivity contribution in [3.8, 4) is 0 Å². The van der Waals surface area contributed by atoms with Crippen molar-refractivity contribution in [3.63, 3.8) is 0 Å². The zero-order valence-corrected chi connectivity index (χ0v) is 17.2. The van der Waals surface area contributed by atoms with Crippen LogP contribution in [0.25, 0.3) is 0 Å². The quantitative estimate of drug-likeness (QED) is 0.784. The maximum Gasteiger partial charge on any atom is 0.138 e. The molecule has 0 amide bonds. The molecule has 3 saturated carbocycles. The fourth-order valence-electron chi connectivity index (χ4n) is 6.13. The first-order chi connectivity index (χ1) is 12.4. The van der Waals surface area contributed by atoms with Gasteiger partial charge in [0, 0.05) is 31.0 Å². The Balaban J connectivity index is 1.35. The molecule has 0 N–H and O–H groups in total. The van der Waals surface area contributed by atoms with Crippen LogP contribution in [0.3, 0.4) is 0 Å². The summed E-state index contributed by atoms with van der Waals surface area (Å²) in [6.07, 6.45) is 11.1. The molecule has 4 heteroatoms. The molecule has 0 bridgehead atoms. The largest absolute Gasteiger partial charge is 0.311 e. The molecule has 1 aromatic heterocycles. The Morgan fingerprint density at radius 1 is 0.923 bits per heavy atom. The molecule has 3 aliphatic carbocycles. The van der Waals surface area contributed by atoms with E-state index in [0.29, 0.717) is 34.6 Å². The Labute approximate surface area is 158 Å². The van der Waals surface area contributed by atoms with Crippen molar-refractivity contribution in [2.45, 2.75) is 90.0 Å². The summed E-state index contributed by atoms with van der Waals surface area (Å²) in [5, 5.41) is 9.59. The fraction of sp³-hybridized carbons (Fsp3) is 0.909. The lowest BCUT2D eigenvalue weighted by Crippen LogP contribution is -2.41. The third-order valence-corrected chi connectivity index (χ3v) is 8.18. The van der Waals surface area contributed by atoms with Crippen molar-refractivity contribution >= 4 is 0 Å². The van der Waals surface area contributed by atoms with E-state index in [0.717, 1.165) is 6.54 Å². The molecule has 1 aliphatic heterocycles. The van der Waals surface area contributed by atoms with Gasteiger partial charge in [0.15, 0.2) is 0 Å². The summed E-state index contributed by atoms with van der Waals surface area (Å²) >= 11 is 0. The first kappa shape index (κ1) is 17.2. The van der Waals surface area contributed by atoms with Gasteiger partial charge in [-0.05, 0) is 75.2 Å². The molecule has 5 rings (SSSR count). The Kier molecular flexibility index (Phi) is 3.84. The molecule has 0 aromatic carbocycles. The van der Waals surface area contributed by atoms with E-state index in [1.165, 1.54) is 69.6 Å². The van der Waals surface area contributed by atoms with Gasteiger partial charge in [-0.1, -0.05) is 20.8 Å². The smallest absolute Gasteiger partial charge is 0.138 e. The van der Waals surface area contributed by atoms with Gasteiger partial charge in [-0.2, -0.15) is 0 Å². The van der Waals surface area contributed by atoms with E-state index in [4.69, 9.17) is 10.2 Å². The SMILES string of the molecule is C[C@@H]1CN(C)CC1c1nnc(C2CC3(CCC(C)(C)CC3)C2)n1C1CC1. The molecule has 2 heterocycles. The second kappa shape index (κ2) is 5.80. The van der Waals surface area contributed by atoms with Gasteiger partial charge < -0.3 is 9.47 Å². The highest BCUT2D eigenvalue weighted by Crippen LogP contribution is 2.61. The number of likely N-dealkylation sites (tertiary alicyclic amines) is 1. The van der Waals surface area contributed by atoms with Crippen molar-refractivity contribution in [1.82, 2.24) is 19.7 Å². The van der Waals surface area contributed by atoms with Gasteiger partial charge in [-0.15, -0.1) is 10.2 Å². The highest BCUT2D eigenvalue weighted by Gasteiger charge is 2.50. The lowest BCUT2D eigenvalue weighted by molar-refractivity contribution is 0.00731. The molecule has 1 saturated heterocycles. The van der Waals surface area contributed by atoms with Crippen LogP contribution in [-0.4, -0.2) is 39.8 Å². The Hall–Kier alpha value is -0.900. The molecular weight excluding hydrogens is 320 g/mol. The van der Waals surface area contributed by atoms with Crippen molar-refractivity contribution in [2.75, 3.05) is 20.1 Å². The highest BCUT2D eigenvalue weighted by atomic mass is 15.3. The number of rotatable bonds is 3. The minimum atomic E-state index is 0.572.